The summed E-state index contributed by atoms with van der Waals surface area (Å²) < 4.78 is 7.89. The molecule has 1 aliphatic heterocycles. The van der Waals surface area contributed by atoms with Crippen LogP contribution in [0.1, 0.15) is 42.7 Å². The molecule has 1 aromatic carbocycles. The molecule has 0 unspecified atom stereocenters. The Balaban J connectivity index is 1.44. The smallest absolute Gasteiger partial charge is 0.167 e. The van der Waals surface area contributed by atoms with Crippen molar-refractivity contribution >= 4 is 5.78 Å². The van der Waals surface area contributed by atoms with E-state index >= 15 is 0 Å². The van der Waals surface area contributed by atoms with E-state index in [0.29, 0.717) is 0 Å². The highest BCUT2D eigenvalue weighted by Crippen LogP contribution is 2.25. The molecule has 0 N–H and O–H groups in total. The van der Waals surface area contributed by atoms with Crippen molar-refractivity contribution in [1.29, 1.82) is 0 Å². The van der Waals surface area contributed by atoms with Gasteiger partial charge in [-0.1, -0.05) is 18.2 Å². The van der Waals surface area contributed by atoms with Crippen LogP contribution in [-0.2, 0) is 6.54 Å². The molecule has 5 heteroatoms. The maximum absolute atomic E-state index is 13.2. The first-order chi connectivity index (χ1) is 14.6. The van der Waals surface area contributed by atoms with E-state index in [-0.39, 0.29) is 17.8 Å². The van der Waals surface area contributed by atoms with Crippen LogP contribution in [0.25, 0.3) is 5.82 Å². The van der Waals surface area contributed by atoms with Crippen molar-refractivity contribution < 1.29 is 9.53 Å². The van der Waals surface area contributed by atoms with E-state index in [1.165, 1.54) is 5.69 Å². The van der Waals surface area contributed by atoms with Crippen molar-refractivity contribution in [3.8, 4) is 11.6 Å². The number of nitrogens with zero attached hydrogens (tertiary/aromatic N) is 3. The van der Waals surface area contributed by atoms with E-state index in [1.807, 2.05) is 68.7 Å². The Labute approximate surface area is 178 Å². The Morgan fingerprint density at radius 3 is 2.87 bits per heavy atom. The minimum atomic E-state index is 0.0197. The molecule has 4 rings (SSSR count). The zero-order chi connectivity index (χ0) is 20.9. The standard InChI is InChI=1S/C25H29N3O2/c1-19(2)30-23-11-5-8-20(16-23)25(29)21-9-6-14-27(17-21)18-22-10-7-15-28(22)24-12-3-4-13-26-24/h3-5,7-8,10-13,15-16,19,21H,6,9,14,17-18H2,1-2H3/t21-/m1/s1. The van der Waals surface area contributed by atoms with E-state index in [0.717, 1.165) is 49.6 Å². The number of rotatable bonds is 7. The van der Waals surface area contributed by atoms with Gasteiger partial charge in [0.05, 0.1) is 6.10 Å². The summed E-state index contributed by atoms with van der Waals surface area (Å²) in [6.07, 6.45) is 5.92. The predicted molar refractivity (Wildman–Crippen MR) is 118 cm³/mol. The molecule has 1 saturated heterocycles. The Kier molecular flexibility index (Phi) is 6.29. The third-order valence-electron chi connectivity index (χ3n) is 5.48. The number of ketones is 1. The summed E-state index contributed by atoms with van der Waals surface area (Å²) in [4.78, 5) is 20.0. The number of pyridine rings is 1. The van der Waals surface area contributed by atoms with Crippen LogP contribution in [0.4, 0.5) is 0 Å². The zero-order valence-electron chi connectivity index (χ0n) is 17.7. The summed E-state index contributed by atoms with van der Waals surface area (Å²) in [7, 11) is 0. The van der Waals surface area contributed by atoms with Gasteiger partial charge in [0.25, 0.3) is 0 Å². The second-order valence-corrected chi connectivity index (χ2v) is 8.19. The third kappa shape index (κ3) is 4.79. The van der Waals surface area contributed by atoms with E-state index in [4.69, 9.17) is 4.74 Å². The number of hydrogen-bond donors (Lipinski definition) is 0. The Bertz CT molecular complexity index is 981. The number of Topliss-reactive ketones (excluding diaryl/α,β-unsaturated/α-hetero) is 1. The predicted octanol–water partition coefficient (Wildman–Crippen LogP) is 4.75. The van der Waals surface area contributed by atoms with Gasteiger partial charge in [-0.3, -0.25) is 9.69 Å². The molecule has 2 aromatic heterocycles. The van der Waals surface area contributed by atoms with Crippen molar-refractivity contribution in [3.05, 3.63) is 78.2 Å². The van der Waals surface area contributed by atoms with Crippen molar-refractivity contribution in [3.63, 3.8) is 0 Å². The summed E-state index contributed by atoms with van der Waals surface area (Å²) in [5, 5.41) is 0. The quantitative estimate of drug-likeness (QED) is 0.534. The second-order valence-electron chi connectivity index (χ2n) is 8.19. The Morgan fingerprint density at radius 2 is 2.07 bits per heavy atom. The molecule has 0 radical (unpaired) electrons. The lowest BCUT2D eigenvalue weighted by atomic mass is 9.90. The molecule has 0 amide bonds. The molecule has 1 fully saturated rings. The molecule has 0 aliphatic carbocycles. The Morgan fingerprint density at radius 1 is 1.17 bits per heavy atom. The van der Waals surface area contributed by atoms with Gasteiger partial charge in [0.1, 0.15) is 11.6 Å². The van der Waals surface area contributed by atoms with Crippen molar-refractivity contribution in [2.75, 3.05) is 13.1 Å². The van der Waals surface area contributed by atoms with Crippen LogP contribution < -0.4 is 4.74 Å². The van der Waals surface area contributed by atoms with Crippen LogP contribution in [-0.4, -0.2) is 39.4 Å². The zero-order valence-corrected chi connectivity index (χ0v) is 17.7. The molecule has 3 aromatic rings. The molecular weight excluding hydrogens is 374 g/mol. The average molecular weight is 404 g/mol. The van der Waals surface area contributed by atoms with Gasteiger partial charge in [-0.05, 0) is 69.6 Å². The van der Waals surface area contributed by atoms with Gasteiger partial charge in [0.15, 0.2) is 5.78 Å². The molecule has 1 aliphatic rings. The molecule has 0 spiro atoms. The second kappa shape index (κ2) is 9.26. The summed E-state index contributed by atoms with van der Waals surface area (Å²) >= 11 is 0. The van der Waals surface area contributed by atoms with E-state index in [1.54, 1.807) is 0 Å². The SMILES string of the molecule is CC(C)Oc1cccc(C(=O)[C@@H]2CCCN(Cc3cccn3-c3ccccn3)C2)c1. The summed E-state index contributed by atoms with van der Waals surface area (Å²) in [6.45, 7) is 6.58. The largest absolute Gasteiger partial charge is 0.491 e. The molecule has 0 bridgehead atoms. The van der Waals surface area contributed by atoms with Gasteiger partial charge in [-0.2, -0.15) is 0 Å². The first-order valence-electron chi connectivity index (χ1n) is 10.7. The fourth-order valence-corrected chi connectivity index (χ4v) is 4.14. The molecule has 30 heavy (non-hydrogen) atoms. The molecule has 1 atom stereocenters. The maximum Gasteiger partial charge on any atom is 0.167 e. The average Bonchev–Trinajstić information content (AvgIpc) is 3.22. The number of piperidine rings is 1. The van der Waals surface area contributed by atoms with E-state index < -0.39 is 0 Å². The third-order valence-corrected chi connectivity index (χ3v) is 5.48. The molecule has 156 valence electrons. The monoisotopic (exact) mass is 403 g/mol. The normalized spacial score (nSPS) is 17.2. The van der Waals surface area contributed by atoms with Gasteiger partial charge in [0, 0.05) is 42.7 Å². The topological polar surface area (TPSA) is 47.4 Å². The van der Waals surface area contributed by atoms with Gasteiger partial charge in [-0.15, -0.1) is 0 Å². The number of aromatic nitrogens is 2. The van der Waals surface area contributed by atoms with Crippen molar-refractivity contribution in [2.24, 2.45) is 5.92 Å². The Hall–Kier alpha value is -2.92. The summed E-state index contributed by atoms with van der Waals surface area (Å²) in [6, 6.07) is 17.7. The molecular formula is C25H29N3O2. The lowest BCUT2D eigenvalue weighted by Crippen LogP contribution is -2.38. The fourth-order valence-electron chi connectivity index (χ4n) is 4.14. The summed E-state index contributed by atoms with van der Waals surface area (Å²) in [5.74, 6) is 1.92. The number of hydrogen-bond acceptors (Lipinski definition) is 4. The van der Waals surface area contributed by atoms with Crippen molar-refractivity contribution in [1.82, 2.24) is 14.5 Å². The number of carbonyl (C=O) groups is 1. The van der Waals surface area contributed by atoms with Gasteiger partial charge in [0.2, 0.25) is 0 Å². The van der Waals surface area contributed by atoms with Gasteiger partial charge < -0.3 is 9.30 Å². The van der Waals surface area contributed by atoms with Crippen molar-refractivity contribution in [2.45, 2.75) is 39.3 Å². The number of carbonyl (C=O) groups excluding carboxylic acids is 1. The summed E-state index contributed by atoms with van der Waals surface area (Å²) in [5.41, 5.74) is 1.94. The van der Waals surface area contributed by atoms with Crippen LogP contribution in [0.3, 0.4) is 0 Å². The minimum Gasteiger partial charge on any atom is -0.491 e. The van der Waals surface area contributed by atoms with Crippen LogP contribution in [0.2, 0.25) is 0 Å². The minimum absolute atomic E-state index is 0.0197. The van der Waals surface area contributed by atoms with Crippen LogP contribution in [0.5, 0.6) is 5.75 Å². The molecule has 5 nitrogen and oxygen atoms in total. The number of likely N-dealkylation sites (tertiary alicyclic amines) is 1. The highest BCUT2D eigenvalue weighted by atomic mass is 16.5. The molecule has 3 heterocycles. The first kappa shape index (κ1) is 20.4. The lowest BCUT2D eigenvalue weighted by Gasteiger charge is -2.32. The van der Waals surface area contributed by atoms with Crippen LogP contribution >= 0.6 is 0 Å². The lowest BCUT2D eigenvalue weighted by molar-refractivity contribution is 0.0809. The fraction of sp³-hybridized carbons (Fsp3) is 0.360. The van der Waals surface area contributed by atoms with E-state index in [9.17, 15) is 4.79 Å². The highest BCUT2D eigenvalue weighted by molar-refractivity contribution is 5.98. The number of benzene rings is 1. The first-order valence-corrected chi connectivity index (χ1v) is 10.7. The van der Waals surface area contributed by atoms with Crippen LogP contribution in [0.15, 0.2) is 67.0 Å². The molecule has 0 saturated carbocycles. The maximum atomic E-state index is 13.2. The van der Waals surface area contributed by atoms with Gasteiger partial charge in [-0.25, -0.2) is 4.98 Å². The highest BCUT2D eigenvalue weighted by Gasteiger charge is 2.27. The van der Waals surface area contributed by atoms with Crippen LogP contribution in [0, 0.1) is 5.92 Å². The van der Waals surface area contributed by atoms with E-state index in [2.05, 4.69) is 26.6 Å². The number of ether oxygens (including phenoxy) is 1. The van der Waals surface area contributed by atoms with Gasteiger partial charge >= 0.3 is 0 Å².